The Hall–Kier alpha value is -3.81. The number of nitrogens with zero attached hydrogens (tertiary/aromatic N) is 2. The lowest BCUT2D eigenvalue weighted by atomic mass is 9.86. The van der Waals surface area contributed by atoms with E-state index >= 15 is 0 Å². The van der Waals surface area contributed by atoms with Crippen molar-refractivity contribution in [1.82, 2.24) is 9.13 Å². The predicted molar refractivity (Wildman–Crippen MR) is 121 cm³/mol. The van der Waals surface area contributed by atoms with E-state index in [4.69, 9.17) is 9.47 Å². The molecule has 0 saturated carbocycles. The van der Waals surface area contributed by atoms with Gasteiger partial charge in [-0.25, -0.2) is 4.79 Å². The van der Waals surface area contributed by atoms with Crippen LogP contribution in [0.25, 0.3) is 0 Å². The Labute approximate surface area is 185 Å². The number of hydrogen-bond donors (Lipinski definition) is 1. The number of benzene rings is 2. The molecule has 1 atom stereocenters. The Bertz CT molecular complexity index is 1280. The maximum Gasteiger partial charge on any atom is 0.332 e. The van der Waals surface area contributed by atoms with Crippen LogP contribution in [0.3, 0.4) is 0 Å². The average Bonchev–Trinajstić information content (AvgIpc) is 2.81. The molecule has 1 aliphatic rings. The Morgan fingerprint density at radius 3 is 2.47 bits per heavy atom. The maximum atomic E-state index is 12.9. The van der Waals surface area contributed by atoms with Gasteiger partial charge in [0, 0.05) is 32.9 Å². The van der Waals surface area contributed by atoms with Gasteiger partial charge >= 0.3 is 5.69 Å². The van der Waals surface area contributed by atoms with Crippen LogP contribution in [0.15, 0.2) is 58.1 Å². The van der Waals surface area contributed by atoms with Gasteiger partial charge < -0.3 is 14.8 Å². The minimum absolute atomic E-state index is 0.0950. The zero-order valence-corrected chi connectivity index (χ0v) is 18.3. The van der Waals surface area contributed by atoms with Crippen molar-refractivity contribution >= 4 is 11.7 Å². The molecule has 166 valence electrons. The molecule has 0 saturated heterocycles. The third kappa shape index (κ3) is 3.91. The number of hydrogen-bond acceptors (Lipinski definition) is 5. The Kier molecular flexibility index (Phi) is 5.85. The summed E-state index contributed by atoms with van der Waals surface area (Å²) in [4.78, 5) is 37.6. The number of anilines is 1. The average molecular weight is 435 g/mol. The molecular weight excluding hydrogens is 410 g/mol. The molecule has 0 bridgehead atoms. The minimum Gasteiger partial charge on any atom is -0.493 e. The van der Waals surface area contributed by atoms with Crippen LogP contribution in [0.4, 0.5) is 5.82 Å². The third-order valence-electron chi connectivity index (χ3n) is 5.78. The second-order valence-corrected chi connectivity index (χ2v) is 7.77. The molecule has 2 heterocycles. The van der Waals surface area contributed by atoms with Crippen LogP contribution in [-0.4, -0.2) is 28.8 Å². The maximum absolute atomic E-state index is 12.9. The number of aromatic nitrogens is 2. The fourth-order valence-corrected chi connectivity index (χ4v) is 4.03. The molecule has 1 N–H and O–H groups in total. The molecule has 8 nitrogen and oxygen atoms in total. The van der Waals surface area contributed by atoms with E-state index in [0.29, 0.717) is 23.7 Å². The van der Waals surface area contributed by atoms with E-state index < -0.39 is 17.2 Å². The topological polar surface area (TPSA) is 91.6 Å². The lowest BCUT2D eigenvalue weighted by Gasteiger charge is -2.27. The summed E-state index contributed by atoms with van der Waals surface area (Å²) in [6, 6.07) is 15.4. The van der Waals surface area contributed by atoms with Gasteiger partial charge in [0.2, 0.25) is 5.91 Å². The van der Waals surface area contributed by atoms with E-state index in [0.717, 1.165) is 16.6 Å². The van der Waals surface area contributed by atoms with Crippen molar-refractivity contribution in [2.45, 2.75) is 18.8 Å². The highest BCUT2D eigenvalue weighted by atomic mass is 16.5. The van der Waals surface area contributed by atoms with Crippen molar-refractivity contribution in [3.8, 4) is 11.5 Å². The van der Waals surface area contributed by atoms with E-state index in [1.807, 2.05) is 36.4 Å². The Morgan fingerprint density at radius 2 is 1.75 bits per heavy atom. The summed E-state index contributed by atoms with van der Waals surface area (Å²) in [7, 11) is 4.52. The third-order valence-corrected chi connectivity index (χ3v) is 5.78. The van der Waals surface area contributed by atoms with Crippen LogP contribution >= 0.6 is 0 Å². The molecule has 0 aliphatic carbocycles. The van der Waals surface area contributed by atoms with Crippen molar-refractivity contribution in [3.05, 3.63) is 86.1 Å². The SMILES string of the molecule is COc1cc([C@H]2CC(=O)Nc3c2c(=O)n(C)c(=O)n3C)ccc1OCCc1ccccc1. The lowest BCUT2D eigenvalue weighted by Crippen LogP contribution is -2.44. The van der Waals surface area contributed by atoms with Crippen molar-refractivity contribution in [1.29, 1.82) is 0 Å². The molecule has 0 spiro atoms. The quantitative estimate of drug-likeness (QED) is 0.641. The molecule has 2 aromatic carbocycles. The highest BCUT2D eigenvalue weighted by Crippen LogP contribution is 2.38. The number of rotatable bonds is 6. The molecule has 0 radical (unpaired) electrons. The fourth-order valence-electron chi connectivity index (χ4n) is 4.03. The van der Waals surface area contributed by atoms with Gasteiger partial charge in [0.05, 0.1) is 19.3 Å². The first-order valence-electron chi connectivity index (χ1n) is 10.3. The number of carbonyl (C=O) groups excluding carboxylic acids is 1. The normalized spacial score (nSPS) is 15.1. The van der Waals surface area contributed by atoms with Crippen LogP contribution in [0.5, 0.6) is 11.5 Å². The van der Waals surface area contributed by atoms with E-state index in [1.54, 1.807) is 19.2 Å². The van der Waals surface area contributed by atoms with Gasteiger partial charge in [0.25, 0.3) is 5.56 Å². The zero-order chi connectivity index (χ0) is 22.8. The van der Waals surface area contributed by atoms with Crippen molar-refractivity contribution in [2.24, 2.45) is 14.1 Å². The van der Waals surface area contributed by atoms with Crippen molar-refractivity contribution in [2.75, 3.05) is 19.0 Å². The first-order valence-corrected chi connectivity index (χ1v) is 10.3. The molecule has 1 aliphatic heterocycles. The van der Waals surface area contributed by atoms with Gasteiger partial charge in [-0.3, -0.25) is 18.7 Å². The van der Waals surface area contributed by atoms with Crippen LogP contribution in [-0.2, 0) is 25.3 Å². The number of amides is 1. The molecule has 0 unspecified atom stereocenters. The van der Waals surface area contributed by atoms with Gasteiger partial charge in [-0.1, -0.05) is 36.4 Å². The largest absolute Gasteiger partial charge is 0.493 e. The number of methoxy groups -OCH3 is 1. The first kappa shape index (κ1) is 21.4. The summed E-state index contributed by atoms with van der Waals surface area (Å²) in [5.74, 6) is 0.580. The standard InChI is InChI=1S/C24H25N3O5/c1-26-22-21(23(29)27(2)24(26)30)17(14-20(28)25-22)16-9-10-18(19(13-16)31-3)32-12-11-15-7-5-4-6-8-15/h4-10,13,17H,11-12,14H2,1-3H3,(H,25,28)/t17-/m1/s1. The number of fused-ring (bicyclic) bond motifs is 1. The first-order chi connectivity index (χ1) is 15.4. The van der Waals surface area contributed by atoms with Crippen LogP contribution < -0.4 is 26.0 Å². The summed E-state index contributed by atoms with van der Waals surface area (Å²) in [5, 5.41) is 2.67. The second-order valence-electron chi connectivity index (χ2n) is 7.77. The van der Waals surface area contributed by atoms with E-state index in [2.05, 4.69) is 5.32 Å². The van der Waals surface area contributed by atoms with Crippen LogP contribution in [0.1, 0.15) is 29.0 Å². The molecule has 8 heteroatoms. The molecular formula is C24H25N3O5. The predicted octanol–water partition coefficient (Wildman–Crippen LogP) is 2.19. The smallest absolute Gasteiger partial charge is 0.332 e. The van der Waals surface area contributed by atoms with Crippen molar-refractivity contribution < 1.29 is 14.3 Å². The Balaban J connectivity index is 1.66. The molecule has 0 fully saturated rings. The van der Waals surface area contributed by atoms with Gasteiger partial charge in [-0.15, -0.1) is 0 Å². The van der Waals surface area contributed by atoms with Crippen LogP contribution in [0.2, 0.25) is 0 Å². The molecule has 1 aromatic heterocycles. The molecule has 32 heavy (non-hydrogen) atoms. The summed E-state index contributed by atoms with van der Waals surface area (Å²) in [6.45, 7) is 0.483. The second kappa shape index (κ2) is 8.74. The summed E-state index contributed by atoms with van der Waals surface area (Å²) < 4.78 is 13.8. The fraction of sp³-hybridized carbons (Fsp3) is 0.292. The van der Waals surface area contributed by atoms with Gasteiger partial charge in [-0.2, -0.15) is 0 Å². The highest BCUT2D eigenvalue weighted by molar-refractivity contribution is 5.94. The highest BCUT2D eigenvalue weighted by Gasteiger charge is 2.32. The van der Waals surface area contributed by atoms with Gasteiger partial charge in [-0.05, 0) is 23.3 Å². The van der Waals surface area contributed by atoms with E-state index in [-0.39, 0.29) is 18.1 Å². The number of nitrogens with one attached hydrogen (secondary N) is 1. The summed E-state index contributed by atoms with van der Waals surface area (Å²) in [6.07, 6.45) is 0.851. The number of ether oxygens (including phenoxy) is 2. The Morgan fingerprint density at radius 1 is 1.00 bits per heavy atom. The lowest BCUT2D eigenvalue weighted by molar-refractivity contribution is -0.116. The van der Waals surface area contributed by atoms with Gasteiger partial charge in [0.1, 0.15) is 5.82 Å². The molecule has 1 amide bonds. The molecule has 3 aromatic rings. The van der Waals surface area contributed by atoms with Gasteiger partial charge in [0.15, 0.2) is 11.5 Å². The van der Waals surface area contributed by atoms with Crippen molar-refractivity contribution in [3.63, 3.8) is 0 Å². The van der Waals surface area contributed by atoms with E-state index in [9.17, 15) is 14.4 Å². The summed E-state index contributed by atoms with van der Waals surface area (Å²) in [5.41, 5.74) is 1.39. The van der Waals surface area contributed by atoms with E-state index in [1.165, 1.54) is 24.2 Å². The summed E-state index contributed by atoms with van der Waals surface area (Å²) >= 11 is 0. The minimum atomic E-state index is -0.503. The monoisotopic (exact) mass is 435 g/mol. The number of carbonyl (C=O) groups is 1. The van der Waals surface area contributed by atoms with Crippen LogP contribution in [0, 0.1) is 0 Å². The zero-order valence-electron chi connectivity index (χ0n) is 18.3. The molecule has 4 rings (SSSR count).